The van der Waals surface area contributed by atoms with Crippen LogP contribution in [0.15, 0.2) is 48.5 Å². The number of nitrogens with two attached hydrogens (primary N) is 1. The molecule has 2 amide bonds. The standard InChI is InChI=1S/C18H17ClN2O2/c1-12-5-7-15(8-6-12)21-17(22)10-16(18(21)23)20-11-13-3-2-4-14(19)9-13/h2-9,16,20H,10-11H2,1H3/p+1/t16-/m0/s1. The van der Waals surface area contributed by atoms with Gasteiger partial charge in [0.2, 0.25) is 5.91 Å². The highest BCUT2D eigenvalue weighted by molar-refractivity contribution is 6.30. The molecule has 1 aliphatic rings. The highest BCUT2D eigenvalue weighted by Gasteiger charge is 2.42. The second-order valence-corrected chi connectivity index (χ2v) is 6.22. The Kier molecular flexibility index (Phi) is 4.46. The van der Waals surface area contributed by atoms with Crippen molar-refractivity contribution in [3.63, 3.8) is 0 Å². The zero-order chi connectivity index (χ0) is 16.4. The highest BCUT2D eigenvalue weighted by Crippen LogP contribution is 2.22. The molecule has 3 rings (SSSR count). The number of imide groups is 1. The summed E-state index contributed by atoms with van der Waals surface area (Å²) in [5, 5.41) is 2.58. The van der Waals surface area contributed by atoms with Gasteiger partial charge in [0.15, 0.2) is 6.04 Å². The molecule has 0 radical (unpaired) electrons. The van der Waals surface area contributed by atoms with Crippen molar-refractivity contribution in [1.29, 1.82) is 0 Å². The molecular weight excluding hydrogens is 312 g/mol. The second kappa shape index (κ2) is 6.52. The predicted molar refractivity (Wildman–Crippen MR) is 89.2 cm³/mol. The second-order valence-electron chi connectivity index (χ2n) is 5.78. The number of hydrogen-bond acceptors (Lipinski definition) is 2. The normalized spacial score (nSPS) is 17.8. The molecule has 23 heavy (non-hydrogen) atoms. The van der Waals surface area contributed by atoms with Crippen LogP contribution in [0, 0.1) is 6.92 Å². The van der Waals surface area contributed by atoms with E-state index in [-0.39, 0.29) is 24.3 Å². The average Bonchev–Trinajstić information content (AvgIpc) is 2.81. The maximum Gasteiger partial charge on any atom is 0.292 e. The maximum absolute atomic E-state index is 12.5. The van der Waals surface area contributed by atoms with Crippen molar-refractivity contribution in [3.8, 4) is 0 Å². The quantitative estimate of drug-likeness (QED) is 0.873. The Morgan fingerprint density at radius 3 is 2.61 bits per heavy atom. The van der Waals surface area contributed by atoms with Gasteiger partial charge in [-0.05, 0) is 31.2 Å². The summed E-state index contributed by atoms with van der Waals surface area (Å²) in [4.78, 5) is 26.0. The van der Waals surface area contributed by atoms with E-state index < -0.39 is 0 Å². The number of benzene rings is 2. The van der Waals surface area contributed by atoms with E-state index in [1.807, 2.05) is 60.8 Å². The van der Waals surface area contributed by atoms with Gasteiger partial charge >= 0.3 is 0 Å². The first-order valence-corrected chi connectivity index (χ1v) is 7.93. The van der Waals surface area contributed by atoms with Crippen molar-refractivity contribution in [3.05, 3.63) is 64.7 Å². The minimum absolute atomic E-state index is 0.147. The minimum Gasteiger partial charge on any atom is -0.332 e. The number of quaternary nitrogens is 1. The summed E-state index contributed by atoms with van der Waals surface area (Å²) in [5.74, 6) is -0.299. The van der Waals surface area contributed by atoms with Crippen LogP contribution in [0.5, 0.6) is 0 Å². The van der Waals surface area contributed by atoms with Crippen LogP contribution in [0.3, 0.4) is 0 Å². The summed E-state index contributed by atoms with van der Waals surface area (Å²) in [6.45, 7) is 2.59. The average molecular weight is 330 g/mol. The number of anilines is 1. The first-order valence-electron chi connectivity index (χ1n) is 7.56. The van der Waals surface area contributed by atoms with E-state index in [4.69, 9.17) is 11.6 Å². The molecule has 1 atom stereocenters. The highest BCUT2D eigenvalue weighted by atomic mass is 35.5. The predicted octanol–water partition coefficient (Wildman–Crippen LogP) is 2.04. The van der Waals surface area contributed by atoms with Crippen LogP contribution in [0.25, 0.3) is 0 Å². The van der Waals surface area contributed by atoms with Crippen molar-refractivity contribution >= 4 is 29.1 Å². The molecule has 1 saturated heterocycles. The van der Waals surface area contributed by atoms with Gasteiger partial charge in [0.1, 0.15) is 6.54 Å². The van der Waals surface area contributed by atoms with Crippen LogP contribution in [-0.2, 0) is 16.1 Å². The third-order valence-electron chi connectivity index (χ3n) is 4.00. The number of halogens is 1. The van der Waals surface area contributed by atoms with Crippen LogP contribution in [0.2, 0.25) is 5.02 Å². The van der Waals surface area contributed by atoms with E-state index >= 15 is 0 Å². The van der Waals surface area contributed by atoms with E-state index in [1.165, 1.54) is 4.90 Å². The van der Waals surface area contributed by atoms with Gasteiger partial charge < -0.3 is 5.32 Å². The Hall–Kier alpha value is -2.17. The van der Waals surface area contributed by atoms with E-state index in [0.29, 0.717) is 17.3 Å². The first kappa shape index (κ1) is 15.7. The van der Waals surface area contributed by atoms with Crippen molar-refractivity contribution in [2.75, 3.05) is 4.90 Å². The summed E-state index contributed by atoms with van der Waals surface area (Å²) in [6.07, 6.45) is 0.229. The SMILES string of the molecule is Cc1ccc(N2C(=O)C[C@H]([NH2+]Cc3cccc(Cl)c3)C2=O)cc1. The lowest BCUT2D eigenvalue weighted by Gasteiger charge is -2.14. The Morgan fingerprint density at radius 2 is 1.91 bits per heavy atom. The van der Waals surface area contributed by atoms with Gasteiger partial charge in [-0.25, -0.2) is 4.90 Å². The van der Waals surface area contributed by atoms with Crippen molar-refractivity contribution < 1.29 is 14.9 Å². The van der Waals surface area contributed by atoms with E-state index in [0.717, 1.165) is 11.1 Å². The summed E-state index contributed by atoms with van der Waals surface area (Å²) >= 11 is 5.96. The summed E-state index contributed by atoms with van der Waals surface area (Å²) < 4.78 is 0. The van der Waals surface area contributed by atoms with Crippen LogP contribution in [0.1, 0.15) is 17.5 Å². The molecule has 1 aliphatic heterocycles. The molecule has 118 valence electrons. The lowest BCUT2D eigenvalue weighted by Crippen LogP contribution is -2.90. The van der Waals surface area contributed by atoms with Crippen molar-refractivity contribution in [2.24, 2.45) is 0 Å². The number of carbonyl (C=O) groups excluding carboxylic acids is 2. The zero-order valence-electron chi connectivity index (χ0n) is 12.8. The number of carbonyl (C=O) groups is 2. The molecule has 5 heteroatoms. The van der Waals surface area contributed by atoms with Gasteiger partial charge in [0.05, 0.1) is 12.1 Å². The molecule has 1 heterocycles. The fraction of sp³-hybridized carbons (Fsp3) is 0.222. The number of hydrogen-bond donors (Lipinski definition) is 1. The van der Waals surface area contributed by atoms with E-state index in [2.05, 4.69) is 0 Å². The molecule has 2 aromatic carbocycles. The summed E-state index contributed by atoms with van der Waals surface area (Å²) in [6, 6.07) is 14.6. The summed E-state index contributed by atoms with van der Waals surface area (Å²) in [5.41, 5.74) is 2.77. The van der Waals surface area contributed by atoms with Gasteiger partial charge in [-0.1, -0.05) is 41.4 Å². The lowest BCUT2D eigenvalue weighted by molar-refractivity contribution is -0.690. The van der Waals surface area contributed by atoms with Gasteiger partial charge in [-0.3, -0.25) is 9.59 Å². The topological polar surface area (TPSA) is 54.0 Å². The van der Waals surface area contributed by atoms with Crippen LogP contribution in [-0.4, -0.2) is 17.9 Å². The Morgan fingerprint density at radius 1 is 1.17 bits per heavy atom. The molecular formula is C18H18ClN2O2+. The van der Waals surface area contributed by atoms with E-state index in [1.54, 1.807) is 0 Å². The molecule has 2 aromatic rings. The molecule has 4 nitrogen and oxygen atoms in total. The molecule has 0 aliphatic carbocycles. The molecule has 0 aromatic heterocycles. The van der Waals surface area contributed by atoms with Gasteiger partial charge in [-0.15, -0.1) is 0 Å². The maximum atomic E-state index is 12.5. The Balaban J connectivity index is 1.70. The van der Waals surface area contributed by atoms with Crippen molar-refractivity contribution in [2.45, 2.75) is 25.9 Å². The lowest BCUT2D eigenvalue weighted by atomic mass is 10.2. The number of rotatable bonds is 4. The van der Waals surface area contributed by atoms with Crippen LogP contribution in [0.4, 0.5) is 5.69 Å². The third-order valence-corrected chi connectivity index (χ3v) is 4.24. The molecule has 0 bridgehead atoms. The largest absolute Gasteiger partial charge is 0.332 e. The molecule has 1 fully saturated rings. The Bertz CT molecular complexity index is 743. The molecule has 2 N–H and O–H groups in total. The molecule has 0 saturated carbocycles. The smallest absolute Gasteiger partial charge is 0.292 e. The molecule has 0 spiro atoms. The zero-order valence-corrected chi connectivity index (χ0v) is 13.6. The fourth-order valence-corrected chi connectivity index (χ4v) is 2.96. The monoisotopic (exact) mass is 329 g/mol. The third kappa shape index (κ3) is 3.44. The van der Waals surface area contributed by atoms with Crippen molar-refractivity contribution in [1.82, 2.24) is 0 Å². The summed E-state index contributed by atoms with van der Waals surface area (Å²) in [7, 11) is 0. The van der Waals surface area contributed by atoms with Crippen LogP contribution >= 0.6 is 11.6 Å². The minimum atomic E-state index is -0.372. The Labute approximate surface area is 140 Å². The van der Waals surface area contributed by atoms with Gasteiger partial charge in [0.25, 0.3) is 5.91 Å². The van der Waals surface area contributed by atoms with Crippen LogP contribution < -0.4 is 10.2 Å². The number of aryl methyl sites for hydroxylation is 1. The molecule has 0 unspecified atom stereocenters. The fourth-order valence-electron chi connectivity index (χ4n) is 2.75. The number of amides is 2. The van der Waals surface area contributed by atoms with Gasteiger partial charge in [-0.2, -0.15) is 0 Å². The first-order chi connectivity index (χ1) is 11.0. The van der Waals surface area contributed by atoms with Gasteiger partial charge in [0, 0.05) is 10.6 Å². The van der Waals surface area contributed by atoms with E-state index in [9.17, 15) is 9.59 Å². The number of nitrogens with zero attached hydrogens (tertiary/aromatic N) is 1.